The molecule has 1 aliphatic rings. The first-order chi connectivity index (χ1) is 11.0. The molecule has 0 atom stereocenters. The van der Waals surface area contributed by atoms with E-state index in [9.17, 15) is 9.59 Å². The van der Waals surface area contributed by atoms with Crippen LogP contribution in [0.2, 0.25) is 0 Å². The third-order valence-corrected chi connectivity index (χ3v) is 5.16. The number of carbonyl (C=O) groups is 2. The summed E-state index contributed by atoms with van der Waals surface area (Å²) in [4.78, 5) is 29.9. The van der Waals surface area contributed by atoms with Crippen LogP contribution in [0.1, 0.15) is 34.6 Å². The first-order valence-corrected chi connectivity index (χ1v) is 8.48. The van der Waals surface area contributed by atoms with Gasteiger partial charge in [0.15, 0.2) is 5.13 Å². The van der Waals surface area contributed by atoms with Crippen LogP contribution < -0.4 is 0 Å². The van der Waals surface area contributed by atoms with Crippen molar-refractivity contribution in [1.29, 1.82) is 0 Å². The largest absolute Gasteiger partial charge is 0.481 e. The molecule has 0 saturated carbocycles. The summed E-state index contributed by atoms with van der Waals surface area (Å²) >= 11 is 1.53. The highest BCUT2D eigenvalue weighted by molar-refractivity contribution is 7.12. The molecule has 1 aliphatic heterocycles. The molecule has 2 aromatic rings. The van der Waals surface area contributed by atoms with E-state index in [1.54, 1.807) is 11.1 Å². The highest BCUT2D eigenvalue weighted by Gasteiger charge is 2.29. The van der Waals surface area contributed by atoms with Gasteiger partial charge in [0.2, 0.25) is 0 Å². The second kappa shape index (κ2) is 6.16. The van der Waals surface area contributed by atoms with Gasteiger partial charge in [-0.25, -0.2) is 4.98 Å². The summed E-state index contributed by atoms with van der Waals surface area (Å²) in [5.41, 5.74) is 2.52. The van der Waals surface area contributed by atoms with Crippen LogP contribution in [0.4, 0.5) is 0 Å². The second-order valence-corrected chi connectivity index (χ2v) is 6.71. The quantitative estimate of drug-likeness (QED) is 0.936. The molecule has 0 spiro atoms. The van der Waals surface area contributed by atoms with Gasteiger partial charge < -0.3 is 10.0 Å². The Morgan fingerprint density at radius 2 is 2.00 bits per heavy atom. The molecule has 0 radical (unpaired) electrons. The Hall–Kier alpha value is -2.15. The number of aliphatic carboxylic acids is 1. The number of thiazole rings is 1. The molecule has 0 bridgehead atoms. The van der Waals surface area contributed by atoms with Gasteiger partial charge in [0.25, 0.3) is 5.91 Å². The smallest absolute Gasteiger partial charge is 0.306 e. The van der Waals surface area contributed by atoms with Gasteiger partial charge in [-0.15, -0.1) is 11.3 Å². The number of aromatic nitrogens is 2. The van der Waals surface area contributed by atoms with Crippen molar-refractivity contribution in [2.75, 3.05) is 13.1 Å². The van der Waals surface area contributed by atoms with Crippen molar-refractivity contribution >= 4 is 23.2 Å². The Morgan fingerprint density at radius 1 is 1.30 bits per heavy atom. The van der Waals surface area contributed by atoms with Crippen molar-refractivity contribution in [1.82, 2.24) is 14.5 Å². The number of hydrogen-bond acceptors (Lipinski definition) is 4. The van der Waals surface area contributed by atoms with E-state index < -0.39 is 5.97 Å². The normalized spacial score (nSPS) is 15.8. The van der Waals surface area contributed by atoms with E-state index in [0.717, 1.165) is 16.5 Å². The minimum absolute atomic E-state index is 0.0234. The molecular formula is C16H19N3O3S. The summed E-state index contributed by atoms with van der Waals surface area (Å²) < 4.78 is 1.99. The molecule has 1 amide bonds. The van der Waals surface area contributed by atoms with E-state index in [-0.39, 0.29) is 11.8 Å². The third-order valence-electron chi connectivity index (χ3n) is 4.40. The summed E-state index contributed by atoms with van der Waals surface area (Å²) in [6.07, 6.45) is 2.79. The monoisotopic (exact) mass is 333 g/mol. The second-order valence-electron chi connectivity index (χ2n) is 5.84. The number of carbonyl (C=O) groups excluding carboxylic acids is 1. The maximum atomic E-state index is 12.8. The molecule has 6 nitrogen and oxygen atoms in total. The van der Waals surface area contributed by atoms with E-state index >= 15 is 0 Å². The molecule has 1 saturated heterocycles. The minimum Gasteiger partial charge on any atom is -0.481 e. The van der Waals surface area contributed by atoms with Crippen molar-refractivity contribution in [3.05, 3.63) is 34.6 Å². The molecule has 1 fully saturated rings. The van der Waals surface area contributed by atoms with Crippen LogP contribution in [0.5, 0.6) is 0 Å². The predicted molar refractivity (Wildman–Crippen MR) is 87.2 cm³/mol. The molecular weight excluding hydrogens is 314 g/mol. The highest BCUT2D eigenvalue weighted by atomic mass is 32.1. The molecule has 3 heterocycles. The van der Waals surface area contributed by atoms with Crippen LogP contribution >= 0.6 is 11.3 Å². The standard InChI is InChI=1S/C16H19N3O3S/c1-10-9-13(11(2)19(10)16-17-5-8-23-16)14(20)18-6-3-12(4-7-18)15(21)22/h5,8-9,12H,3-4,6-7H2,1-2H3,(H,21,22). The van der Waals surface area contributed by atoms with Gasteiger partial charge in [-0.1, -0.05) is 0 Å². The fourth-order valence-corrected chi connectivity index (χ4v) is 3.85. The lowest BCUT2D eigenvalue weighted by molar-refractivity contribution is -0.143. The van der Waals surface area contributed by atoms with Gasteiger partial charge in [0.1, 0.15) is 0 Å². The number of hydrogen-bond donors (Lipinski definition) is 1. The van der Waals surface area contributed by atoms with Gasteiger partial charge in [-0.3, -0.25) is 14.2 Å². The molecule has 0 unspecified atom stereocenters. The van der Waals surface area contributed by atoms with E-state index in [0.29, 0.717) is 31.5 Å². The van der Waals surface area contributed by atoms with Crippen molar-refractivity contribution in [3.63, 3.8) is 0 Å². The average molecular weight is 333 g/mol. The summed E-state index contributed by atoms with van der Waals surface area (Å²) in [5, 5.41) is 11.8. The molecule has 23 heavy (non-hydrogen) atoms. The maximum Gasteiger partial charge on any atom is 0.306 e. The molecule has 0 aromatic carbocycles. The van der Waals surface area contributed by atoms with E-state index in [1.165, 1.54) is 11.3 Å². The zero-order valence-electron chi connectivity index (χ0n) is 13.2. The number of rotatable bonds is 3. The zero-order chi connectivity index (χ0) is 16.6. The number of piperidine rings is 1. The number of nitrogens with zero attached hydrogens (tertiary/aromatic N) is 3. The number of amides is 1. The van der Waals surface area contributed by atoms with E-state index in [1.807, 2.05) is 29.9 Å². The molecule has 122 valence electrons. The van der Waals surface area contributed by atoms with Gasteiger partial charge in [0.05, 0.1) is 11.5 Å². The summed E-state index contributed by atoms with van der Waals surface area (Å²) in [6.45, 7) is 4.88. The van der Waals surface area contributed by atoms with Gasteiger partial charge in [0, 0.05) is 36.1 Å². The van der Waals surface area contributed by atoms with Crippen LogP contribution in [0.25, 0.3) is 5.13 Å². The number of carboxylic acid groups (broad SMARTS) is 1. The molecule has 0 aliphatic carbocycles. The Labute approximate surface area is 138 Å². The van der Waals surface area contributed by atoms with Gasteiger partial charge in [-0.05, 0) is 32.8 Å². The zero-order valence-corrected chi connectivity index (χ0v) is 14.0. The fraction of sp³-hybridized carbons (Fsp3) is 0.438. The lowest BCUT2D eigenvalue weighted by atomic mass is 9.96. The van der Waals surface area contributed by atoms with Crippen LogP contribution in [0.15, 0.2) is 17.6 Å². The molecule has 3 rings (SSSR count). The summed E-state index contributed by atoms with van der Waals surface area (Å²) in [5.74, 6) is -1.12. The number of carboxylic acids is 1. The van der Waals surface area contributed by atoms with Crippen LogP contribution in [0, 0.1) is 19.8 Å². The fourth-order valence-electron chi connectivity index (χ4n) is 3.10. The Kier molecular flexibility index (Phi) is 4.21. The predicted octanol–water partition coefficient (Wildman–Crippen LogP) is 2.49. The SMILES string of the molecule is Cc1cc(C(=O)N2CCC(C(=O)O)CC2)c(C)n1-c1nccs1. The third kappa shape index (κ3) is 2.88. The molecule has 7 heteroatoms. The topological polar surface area (TPSA) is 75.4 Å². The maximum absolute atomic E-state index is 12.8. The van der Waals surface area contributed by atoms with E-state index in [4.69, 9.17) is 5.11 Å². The van der Waals surface area contributed by atoms with E-state index in [2.05, 4.69) is 4.98 Å². The van der Waals surface area contributed by atoms with Crippen LogP contribution in [0.3, 0.4) is 0 Å². The van der Waals surface area contributed by atoms with Crippen molar-refractivity contribution in [2.45, 2.75) is 26.7 Å². The Bertz CT molecular complexity index is 728. The molecule has 1 N–H and O–H groups in total. The summed E-state index contributed by atoms with van der Waals surface area (Å²) in [7, 11) is 0. The minimum atomic E-state index is -0.765. The lowest BCUT2D eigenvalue weighted by Gasteiger charge is -2.30. The first-order valence-electron chi connectivity index (χ1n) is 7.60. The Morgan fingerprint density at radius 3 is 2.57 bits per heavy atom. The van der Waals surface area contributed by atoms with Crippen LogP contribution in [-0.4, -0.2) is 44.5 Å². The van der Waals surface area contributed by atoms with Gasteiger partial charge >= 0.3 is 5.97 Å². The van der Waals surface area contributed by atoms with Crippen molar-refractivity contribution in [2.24, 2.45) is 5.92 Å². The molecule has 2 aromatic heterocycles. The summed E-state index contributed by atoms with van der Waals surface area (Å²) in [6, 6.07) is 1.89. The van der Waals surface area contributed by atoms with Crippen LogP contribution in [-0.2, 0) is 4.79 Å². The first kappa shape index (κ1) is 15.7. The number of likely N-dealkylation sites (tertiary alicyclic amines) is 1. The average Bonchev–Trinajstić information content (AvgIpc) is 3.14. The van der Waals surface area contributed by atoms with Gasteiger partial charge in [-0.2, -0.15) is 0 Å². The van der Waals surface area contributed by atoms with Crippen molar-refractivity contribution in [3.8, 4) is 5.13 Å². The number of aryl methyl sites for hydroxylation is 1. The van der Waals surface area contributed by atoms with Crippen molar-refractivity contribution < 1.29 is 14.7 Å². The Balaban J connectivity index is 1.82. The lowest BCUT2D eigenvalue weighted by Crippen LogP contribution is -2.40. The highest BCUT2D eigenvalue weighted by Crippen LogP contribution is 2.25.